The van der Waals surface area contributed by atoms with Crippen molar-refractivity contribution in [1.82, 2.24) is 14.3 Å². The number of aryl methyl sites for hydroxylation is 1. The first-order chi connectivity index (χ1) is 8.91. The minimum Gasteiger partial charge on any atom is -0.282 e. The number of hydrogen-bond donors (Lipinski definition) is 0. The van der Waals surface area contributed by atoms with Crippen LogP contribution in [0.15, 0.2) is 35.4 Å². The highest BCUT2D eigenvalue weighted by molar-refractivity contribution is 5.27. The first-order valence-corrected chi connectivity index (χ1v) is 6.63. The van der Waals surface area contributed by atoms with E-state index in [1.807, 2.05) is 6.92 Å². The average molecular weight is 259 g/mol. The van der Waals surface area contributed by atoms with Crippen LogP contribution in [0.2, 0.25) is 0 Å². The van der Waals surface area contributed by atoms with Crippen LogP contribution in [0.25, 0.3) is 0 Å². The van der Waals surface area contributed by atoms with Crippen LogP contribution in [0.1, 0.15) is 38.8 Å². The Morgan fingerprint density at radius 1 is 1.16 bits per heavy atom. The molecule has 0 aliphatic carbocycles. The quantitative estimate of drug-likeness (QED) is 0.849. The highest BCUT2D eigenvalue weighted by atomic mass is 16.2. The smallest absolute Gasteiger partial charge is 0.282 e. The molecule has 1 heterocycles. The van der Waals surface area contributed by atoms with Gasteiger partial charge in [-0.1, -0.05) is 45.0 Å². The van der Waals surface area contributed by atoms with E-state index in [4.69, 9.17) is 0 Å². The van der Waals surface area contributed by atoms with E-state index in [-0.39, 0.29) is 11.1 Å². The molecule has 0 spiro atoms. The SMILES string of the molecule is CCn1cnn(Cc2ccc(C(C)(C)C)cc2)c1=O. The van der Waals surface area contributed by atoms with Gasteiger partial charge >= 0.3 is 5.69 Å². The number of hydrogen-bond acceptors (Lipinski definition) is 2. The molecular weight excluding hydrogens is 238 g/mol. The summed E-state index contributed by atoms with van der Waals surface area (Å²) in [5.41, 5.74) is 2.49. The Hall–Kier alpha value is -1.84. The number of nitrogens with zero attached hydrogens (tertiary/aromatic N) is 3. The van der Waals surface area contributed by atoms with Gasteiger partial charge in [0.15, 0.2) is 0 Å². The molecule has 0 unspecified atom stereocenters. The molecule has 0 saturated carbocycles. The summed E-state index contributed by atoms with van der Waals surface area (Å²) >= 11 is 0. The van der Waals surface area contributed by atoms with Gasteiger partial charge in [0.1, 0.15) is 6.33 Å². The zero-order valence-corrected chi connectivity index (χ0v) is 12.1. The van der Waals surface area contributed by atoms with E-state index >= 15 is 0 Å². The molecule has 1 aromatic carbocycles. The van der Waals surface area contributed by atoms with Crippen LogP contribution in [-0.4, -0.2) is 14.3 Å². The maximum Gasteiger partial charge on any atom is 0.346 e. The van der Waals surface area contributed by atoms with Crippen LogP contribution >= 0.6 is 0 Å². The van der Waals surface area contributed by atoms with Crippen molar-refractivity contribution >= 4 is 0 Å². The van der Waals surface area contributed by atoms with E-state index in [9.17, 15) is 4.79 Å². The lowest BCUT2D eigenvalue weighted by Crippen LogP contribution is -2.24. The minimum atomic E-state index is -0.0533. The Kier molecular flexibility index (Phi) is 3.60. The lowest BCUT2D eigenvalue weighted by atomic mass is 9.87. The summed E-state index contributed by atoms with van der Waals surface area (Å²) in [4.78, 5) is 11.9. The van der Waals surface area contributed by atoms with Crippen LogP contribution in [-0.2, 0) is 18.5 Å². The van der Waals surface area contributed by atoms with Gasteiger partial charge in [0, 0.05) is 6.54 Å². The third-order valence-electron chi connectivity index (χ3n) is 3.29. The molecule has 0 N–H and O–H groups in total. The van der Waals surface area contributed by atoms with Gasteiger partial charge in [-0.05, 0) is 23.5 Å². The highest BCUT2D eigenvalue weighted by Crippen LogP contribution is 2.22. The molecule has 0 bridgehead atoms. The van der Waals surface area contributed by atoms with Gasteiger partial charge in [0.05, 0.1) is 6.54 Å². The van der Waals surface area contributed by atoms with Gasteiger partial charge in [-0.2, -0.15) is 5.10 Å². The Bertz CT molecular complexity index is 600. The number of rotatable bonds is 3. The summed E-state index contributed by atoms with van der Waals surface area (Å²) < 4.78 is 3.10. The molecule has 0 saturated heterocycles. The molecule has 0 aliphatic heterocycles. The molecule has 2 aromatic rings. The molecule has 0 radical (unpaired) electrons. The summed E-state index contributed by atoms with van der Waals surface area (Å²) in [5.74, 6) is 0. The second-order valence-electron chi connectivity index (χ2n) is 5.80. The van der Waals surface area contributed by atoms with Crippen molar-refractivity contribution in [2.75, 3.05) is 0 Å². The Balaban J connectivity index is 2.20. The van der Waals surface area contributed by atoms with Crippen LogP contribution in [0.4, 0.5) is 0 Å². The second kappa shape index (κ2) is 5.03. The Labute approximate surface area is 113 Å². The minimum absolute atomic E-state index is 0.0533. The fourth-order valence-electron chi connectivity index (χ4n) is 1.98. The van der Waals surface area contributed by atoms with E-state index < -0.39 is 0 Å². The topological polar surface area (TPSA) is 39.8 Å². The molecule has 1 aromatic heterocycles. The zero-order chi connectivity index (χ0) is 14.0. The van der Waals surface area contributed by atoms with Crippen molar-refractivity contribution in [3.8, 4) is 0 Å². The van der Waals surface area contributed by atoms with Crippen LogP contribution in [0.5, 0.6) is 0 Å². The third-order valence-corrected chi connectivity index (χ3v) is 3.29. The van der Waals surface area contributed by atoms with E-state index in [1.54, 1.807) is 10.9 Å². The number of benzene rings is 1. The Morgan fingerprint density at radius 3 is 2.26 bits per heavy atom. The van der Waals surface area contributed by atoms with Crippen molar-refractivity contribution in [3.05, 3.63) is 52.2 Å². The first kappa shape index (κ1) is 13.6. The lowest BCUT2D eigenvalue weighted by molar-refractivity contribution is 0.588. The van der Waals surface area contributed by atoms with E-state index in [0.29, 0.717) is 13.1 Å². The van der Waals surface area contributed by atoms with Crippen LogP contribution < -0.4 is 5.69 Å². The average Bonchev–Trinajstić information content (AvgIpc) is 2.70. The van der Waals surface area contributed by atoms with Gasteiger partial charge < -0.3 is 0 Å². The molecule has 0 fully saturated rings. The summed E-state index contributed by atoms with van der Waals surface area (Å²) in [6.45, 7) is 9.68. The fourth-order valence-corrected chi connectivity index (χ4v) is 1.98. The predicted molar refractivity (Wildman–Crippen MR) is 76.4 cm³/mol. The van der Waals surface area contributed by atoms with Gasteiger partial charge in [-0.15, -0.1) is 0 Å². The zero-order valence-electron chi connectivity index (χ0n) is 12.1. The highest BCUT2D eigenvalue weighted by Gasteiger charge is 2.13. The summed E-state index contributed by atoms with van der Waals surface area (Å²) in [7, 11) is 0. The molecule has 4 heteroatoms. The van der Waals surface area contributed by atoms with Gasteiger partial charge in [0.25, 0.3) is 0 Å². The monoisotopic (exact) mass is 259 g/mol. The van der Waals surface area contributed by atoms with Crippen molar-refractivity contribution in [2.24, 2.45) is 0 Å². The van der Waals surface area contributed by atoms with E-state index in [2.05, 4.69) is 50.1 Å². The first-order valence-electron chi connectivity index (χ1n) is 6.63. The molecule has 0 atom stereocenters. The molecule has 0 amide bonds. The molecule has 0 aliphatic rings. The predicted octanol–water partition coefficient (Wildman–Crippen LogP) is 2.41. The second-order valence-corrected chi connectivity index (χ2v) is 5.80. The maximum absolute atomic E-state index is 11.9. The van der Waals surface area contributed by atoms with Crippen molar-refractivity contribution in [2.45, 2.75) is 46.2 Å². The van der Waals surface area contributed by atoms with E-state index in [0.717, 1.165) is 5.56 Å². The van der Waals surface area contributed by atoms with Crippen LogP contribution in [0, 0.1) is 0 Å². The third kappa shape index (κ3) is 2.95. The summed E-state index contributed by atoms with van der Waals surface area (Å²) in [6, 6.07) is 8.38. The molecule has 4 nitrogen and oxygen atoms in total. The summed E-state index contributed by atoms with van der Waals surface area (Å²) in [6.07, 6.45) is 1.59. The molecule has 2 rings (SSSR count). The van der Waals surface area contributed by atoms with Crippen molar-refractivity contribution in [1.29, 1.82) is 0 Å². The van der Waals surface area contributed by atoms with Crippen molar-refractivity contribution < 1.29 is 0 Å². The molecule has 19 heavy (non-hydrogen) atoms. The lowest BCUT2D eigenvalue weighted by Gasteiger charge is -2.19. The normalized spacial score (nSPS) is 11.8. The Morgan fingerprint density at radius 2 is 1.79 bits per heavy atom. The number of aromatic nitrogens is 3. The van der Waals surface area contributed by atoms with Gasteiger partial charge in [-0.25, -0.2) is 9.48 Å². The van der Waals surface area contributed by atoms with Crippen molar-refractivity contribution in [3.63, 3.8) is 0 Å². The van der Waals surface area contributed by atoms with E-state index in [1.165, 1.54) is 10.2 Å². The largest absolute Gasteiger partial charge is 0.346 e. The molecular formula is C15H21N3O. The fraction of sp³-hybridized carbons (Fsp3) is 0.467. The van der Waals surface area contributed by atoms with Gasteiger partial charge in [0.2, 0.25) is 0 Å². The van der Waals surface area contributed by atoms with Crippen LogP contribution in [0.3, 0.4) is 0 Å². The standard InChI is InChI=1S/C15H21N3O/c1-5-17-11-16-18(14(17)19)10-12-6-8-13(9-7-12)15(2,3)4/h6-9,11H,5,10H2,1-4H3. The maximum atomic E-state index is 11.9. The molecule has 102 valence electrons. The van der Waals surface area contributed by atoms with Gasteiger partial charge in [-0.3, -0.25) is 4.57 Å². The summed E-state index contributed by atoms with van der Waals surface area (Å²) in [5, 5.41) is 4.12.